The summed E-state index contributed by atoms with van der Waals surface area (Å²) in [6.07, 6.45) is -0.153. The van der Waals surface area contributed by atoms with Gasteiger partial charge in [0.1, 0.15) is 23.9 Å². The van der Waals surface area contributed by atoms with E-state index in [1.54, 1.807) is 65.0 Å². The number of nitrogens with zero attached hydrogens (tertiary/aromatic N) is 1. The van der Waals surface area contributed by atoms with E-state index in [1.165, 1.54) is 4.90 Å². The highest BCUT2D eigenvalue weighted by Crippen LogP contribution is 2.41. The fourth-order valence-electron chi connectivity index (χ4n) is 5.99. The number of carbonyl (C=O) groups is 7. The highest BCUT2D eigenvalue weighted by molar-refractivity contribution is 6.38. The Kier molecular flexibility index (Phi) is 12.2. The monoisotopic (exact) mass is 628 g/mol. The first-order valence-electron chi connectivity index (χ1n) is 15.5. The fourth-order valence-corrected chi connectivity index (χ4v) is 5.99. The second kappa shape index (κ2) is 15.6. The predicted molar refractivity (Wildman–Crippen MR) is 162 cm³/mol. The average molecular weight is 629 g/mol. The number of carboxylic acid groups (broad SMARTS) is 1. The molecule has 13 heteroatoms. The number of aliphatic carboxylic acids is 1. The Morgan fingerprint density at radius 1 is 0.978 bits per heavy atom. The quantitative estimate of drug-likeness (QED) is 0.222. The summed E-state index contributed by atoms with van der Waals surface area (Å²) in [6, 6.07) is 3.80. The van der Waals surface area contributed by atoms with Crippen LogP contribution in [-0.2, 0) is 39.9 Å². The van der Waals surface area contributed by atoms with Gasteiger partial charge < -0.3 is 30.7 Å². The predicted octanol–water partition coefficient (Wildman–Crippen LogP) is 1.62. The lowest BCUT2D eigenvalue weighted by Gasteiger charge is -2.32. The van der Waals surface area contributed by atoms with Crippen molar-refractivity contribution < 1.29 is 43.4 Å². The van der Waals surface area contributed by atoms with E-state index in [9.17, 15) is 38.7 Å². The van der Waals surface area contributed by atoms with Crippen molar-refractivity contribution in [1.82, 2.24) is 20.9 Å². The third-order valence-corrected chi connectivity index (χ3v) is 8.21. The van der Waals surface area contributed by atoms with E-state index in [-0.39, 0.29) is 37.5 Å². The number of ketones is 2. The summed E-state index contributed by atoms with van der Waals surface area (Å²) >= 11 is 0. The lowest BCUT2D eigenvalue weighted by molar-refractivity contribution is -0.146. The van der Waals surface area contributed by atoms with E-state index in [2.05, 4.69) is 16.0 Å². The van der Waals surface area contributed by atoms with Crippen LogP contribution >= 0.6 is 0 Å². The summed E-state index contributed by atoms with van der Waals surface area (Å²) in [6.45, 7) is 8.53. The lowest BCUT2D eigenvalue weighted by atomic mass is 9.92. The van der Waals surface area contributed by atoms with Gasteiger partial charge in [-0.25, -0.2) is 9.59 Å². The van der Waals surface area contributed by atoms with Gasteiger partial charge in [-0.15, -0.1) is 0 Å². The van der Waals surface area contributed by atoms with Crippen LogP contribution in [0.5, 0.6) is 0 Å². The smallest absolute Gasteiger partial charge is 0.408 e. The maximum atomic E-state index is 13.8. The van der Waals surface area contributed by atoms with Gasteiger partial charge in [0, 0.05) is 31.2 Å². The molecule has 0 spiro atoms. The van der Waals surface area contributed by atoms with Gasteiger partial charge >= 0.3 is 12.1 Å². The molecule has 1 aromatic carbocycles. The maximum absolute atomic E-state index is 13.8. The van der Waals surface area contributed by atoms with Gasteiger partial charge in [-0.1, -0.05) is 57.5 Å². The first kappa shape index (κ1) is 35.2. The van der Waals surface area contributed by atoms with Gasteiger partial charge in [0.25, 0.3) is 5.91 Å². The minimum absolute atomic E-state index is 0.0167. The first-order chi connectivity index (χ1) is 21.2. The molecule has 1 aliphatic heterocycles. The van der Waals surface area contributed by atoms with Crippen LogP contribution in [0.25, 0.3) is 0 Å². The second-order valence-corrected chi connectivity index (χ2v) is 12.3. The normalized spacial score (nSPS) is 21.1. The number of amides is 4. The topological polar surface area (TPSA) is 188 Å². The van der Waals surface area contributed by atoms with Crippen LogP contribution in [0.1, 0.15) is 65.9 Å². The molecule has 0 radical (unpaired) electrons. The number of nitrogens with one attached hydrogen (secondary N) is 3. The summed E-state index contributed by atoms with van der Waals surface area (Å²) < 4.78 is 5.15. The molecule has 246 valence electrons. The SMILES string of the molecule is CCC[C@H](NC(=O)[C@@H]1[C@H]2CCC(=O)[C@H]2CN1C(=O)[C@@H](NC(=O)OC(C)C)C(C)C)C(=O)C(=O)N[C@@H](Cc1ccccc1)C(=O)O. The molecule has 3 rings (SSSR count). The van der Waals surface area contributed by atoms with Crippen LogP contribution in [0.15, 0.2) is 30.3 Å². The Hall–Kier alpha value is -4.29. The molecule has 4 amide bonds. The Labute approximate surface area is 262 Å². The third-order valence-electron chi connectivity index (χ3n) is 8.21. The van der Waals surface area contributed by atoms with Crippen molar-refractivity contribution in [2.75, 3.05) is 6.54 Å². The largest absolute Gasteiger partial charge is 0.480 e. The van der Waals surface area contributed by atoms with Crippen LogP contribution in [0.4, 0.5) is 4.79 Å². The van der Waals surface area contributed by atoms with Crippen LogP contribution in [0.2, 0.25) is 0 Å². The highest BCUT2D eigenvalue weighted by Gasteiger charge is 2.54. The number of Topliss-reactive ketones (excluding diaryl/α,β-unsaturated/α-hetero) is 2. The summed E-state index contributed by atoms with van der Waals surface area (Å²) in [5.41, 5.74) is 0.648. The fraction of sp³-hybridized carbons (Fsp3) is 0.594. The molecule has 4 N–H and O–H groups in total. The van der Waals surface area contributed by atoms with E-state index < -0.39 is 77.7 Å². The first-order valence-corrected chi connectivity index (χ1v) is 15.5. The molecule has 0 aromatic heterocycles. The Morgan fingerprint density at radius 3 is 2.22 bits per heavy atom. The number of rotatable bonds is 14. The van der Waals surface area contributed by atoms with Crippen molar-refractivity contribution in [3.63, 3.8) is 0 Å². The van der Waals surface area contributed by atoms with Gasteiger partial charge in [0.2, 0.25) is 17.6 Å². The zero-order valence-corrected chi connectivity index (χ0v) is 26.4. The van der Waals surface area contributed by atoms with Crippen LogP contribution in [0.3, 0.4) is 0 Å². The van der Waals surface area contributed by atoms with Crippen molar-refractivity contribution in [2.45, 2.75) is 97.0 Å². The number of likely N-dealkylation sites (tertiary alicyclic amines) is 1. The van der Waals surface area contributed by atoms with Crippen LogP contribution in [0, 0.1) is 17.8 Å². The molecule has 13 nitrogen and oxygen atoms in total. The van der Waals surface area contributed by atoms with E-state index >= 15 is 0 Å². The number of fused-ring (bicyclic) bond motifs is 1. The summed E-state index contributed by atoms with van der Waals surface area (Å²) in [7, 11) is 0. The molecular formula is C32H44N4O9. The molecule has 45 heavy (non-hydrogen) atoms. The van der Waals surface area contributed by atoms with Crippen LogP contribution < -0.4 is 16.0 Å². The van der Waals surface area contributed by atoms with E-state index in [0.717, 1.165) is 0 Å². The van der Waals surface area contributed by atoms with Gasteiger partial charge in [-0.2, -0.15) is 0 Å². The van der Waals surface area contributed by atoms with Crippen molar-refractivity contribution in [3.05, 3.63) is 35.9 Å². The number of carbonyl (C=O) groups excluding carboxylic acids is 6. The van der Waals surface area contributed by atoms with Crippen molar-refractivity contribution >= 4 is 41.4 Å². The van der Waals surface area contributed by atoms with Gasteiger partial charge in [-0.05, 0) is 38.2 Å². The Morgan fingerprint density at radius 2 is 1.64 bits per heavy atom. The zero-order valence-electron chi connectivity index (χ0n) is 26.4. The molecule has 6 atom stereocenters. The van der Waals surface area contributed by atoms with Crippen molar-refractivity contribution in [2.24, 2.45) is 17.8 Å². The number of alkyl carbamates (subject to hydrolysis) is 1. The molecule has 1 heterocycles. The van der Waals surface area contributed by atoms with E-state index in [4.69, 9.17) is 4.74 Å². The average Bonchev–Trinajstić information content (AvgIpc) is 3.53. The number of hydrogen-bond donors (Lipinski definition) is 4. The van der Waals surface area contributed by atoms with Crippen molar-refractivity contribution in [3.8, 4) is 0 Å². The van der Waals surface area contributed by atoms with Gasteiger partial charge in [0.05, 0.1) is 12.1 Å². The number of carboxylic acids is 1. The molecule has 1 saturated heterocycles. The van der Waals surface area contributed by atoms with E-state index in [1.807, 2.05) is 0 Å². The Balaban J connectivity index is 1.80. The van der Waals surface area contributed by atoms with E-state index in [0.29, 0.717) is 18.4 Å². The highest BCUT2D eigenvalue weighted by atomic mass is 16.6. The molecule has 1 saturated carbocycles. The van der Waals surface area contributed by atoms with Gasteiger partial charge in [0.15, 0.2) is 0 Å². The van der Waals surface area contributed by atoms with Gasteiger partial charge in [-0.3, -0.25) is 24.0 Å². The molecule has 2 aliphatic rings. The molecule has 0 unspecified atom stereocenters. The number of ether oxygens (including phenoxy) is 1. The van der Waals surface area contributed by atoms with Crippen molar-refractivity contribution in [1.29, 1.82) is 0 Å². The standard InChI is InChI=1S/C32H44N4O9/c1-6-10-22(27(38)29(40)34-23(31(42)43)15-19-11-8-7-9-12-19)33-28(39)26-20-13-14-24(37)21(20)16-36(26)30(41)25(17(2)3)35-32(44)45-18(4)5/h7-9,11-12,17-18,20-23,25-26H,6,10,13-16H2,1-5H3,(H,33,39)(H,34,40)(H,35,44)(H,42,43)/t20-,21-,22-,23-,25-,26-/m0/s1. The third kappa shape index (κ3) is 8.89. The summed E-state index contributed by atoms with van der Waals surface area (Å²) in [5.74, 6) is -6.27. The minimum atomic E-state index is -1.38. The molecule has 0 bridgehead atoms. The Bertz CT molecular complexity index is 1280. The number of hydrogen-bond acceptors (Lipinski definition) is 8. The summed E-state index contributed by atoms with van der Waals surface area (Å²) in [4.78, 5) is 92.2. The minimum Gasteiger partial charge on any atom is -0.480 e. The number of benzene rings is 1. The molecular weight excluding hydrogens is 584 g/mol. The summed E-state index contributed by atoms with van der Waals surface area (Å²) in [5, 5.41) is 17.1. The zero-order chi connectivity index (χ0) is 33.4. The lowest BCUT2D eigenvalue weighted by Crippen LogP contribution is -2.59. The molecule has 1 aliphatic carbocycles. The molecule has 1 aromatic rings. The second-order valence-electron chi connectivity index (χ2n) is 12.3. The molecule has 2 fully saturated rings. The maximum Gasteiger partial charge on any atom is 0.408 e. The van der Waals surface area contributed by atoms with Crippen LogP contribution in [-0.4, -0.2) is 88.2 Å².